The molecule has 1 aromatic carbocycles. The van der Waals surface area contributed by atoms with Gasteiger partial charge in [-0.25, -0.2) is 4.98 Å². The van der Waals surface area contributed by atoms with Crippen molar-refractivity contribution in [2.75, 3.05) is 11.9 Å². The lowest BCUT2D eigenvalue weighted by Gasteiger charge is -2.24. The summed E-state index contributed by atoms with van der Waals surface area (Å²) in [7, 11) is 0. The summed E-state index contributed by atoms with van der Waals surface area (Å²) in [5, 5.41) is 3.08. The molecular weight excluding hydrogens is 343 g/mol. The molecule has 0 unspecified atom stereocenters. The molecule has 4 rings (SSSR count). The van der Waals surface area contributed by atoms with Crippen LogP contribution in [0.3, 0.4) is 0 Å². The Morgan fingerprint density at radius 2 is 1.73 bits per heavy atom. The molecule has 1 atom stereocenters. The van der Waals surface area contributed by atoms with Crippen molar-refractivity contribution >= 4 is 11.7 Å². The molecule has 26 heavy (non-hydrogen) atoms. The molecule has 2 aromatic rings. The Morgan fingerprint density at radius 1 is 1.04 bits per heavy atom. The number of nitrogens with zero attached hydrogens (tertiary/aromatic N) is 2. The number of carbonyl (C=O) groups is 1. The maximum Gasteiger partial charge on any atom is 0.417 e. The van der Waals surface area contributed by atoms with Gasteiger partial charge in [-0.15, -0.1) is 0 Å². The van der Waals surface area contributed by atoms with Crippen molar-refractivity contribution in [1.82, 2.24) is 9.88 Å². The van der Waals surface area contributed by atoms with Crippen molar-refractivity contribution in [2.24, 2.45) is 0 Å². The SMILES string of the molecule is O=C1C[C@@H](Nc2ccc(C(F)(F)F)cn2)CN1C1Cc2ccccc2C1. The molecule has 1 saturated heterocycles. The number of hydrogen-bond acceptors (Lipinski definition) is 3. The Balaban J connectivity index is 1.39. The zero-order chi connectivity index (χ0) is 18.3. The van der Waals surface area contributed by atoms with Gasteiger partial charge in [-0.1, -0.05) is 24.3 Å². The monoisotopic (exact) mass is 361 g/mol. The van der Waals surface area contributed by atoms with E-state index < -0.39 is 11.7 Å². The van der Waals surface area contributed by atoms with Gasteiger partial charge >= 0.3 is 6.18 Å². The molecule has 2 heterocycles. The van der Waals surface area contributed by atoms with Crippen molar-refractivity contribution in [3.05, 3.63) is 59.3 Å². The number of fused-ring (bicyclic) bond motifs is 1. The molecule has 7 heteroatoms. The highest BCUT2D eigenvalue weighted by Crippen LogP contribution is 2.30. The minimum atomic E-state index is -4.40. The number of amides is 1. The highest BCUT2D eigenvalue weighted by molar-refractivity contribution is 5.80. The molecule has 2 aliphatic rings. The van der Waals surface area contributed by atoms with Crippen LogP contribution in [0.5, 0.6) is 0 Å². The second kappa shape index (κ2) is 6.30. The molecule has 1 N–H and O–H groups in total. The zero-order valence-electron chi connectivity index (χ0n) is 14.0. The predicted molar refractivity (Wildman–Crippen MR) is 90.6 cm³/mol. The van der Waals surface area contributed by atoms with Gasteiger partial charge in [0.25, 0.3) is 0 Å². The molecule has 1 amide bonds. The van der Waals surface area contributed by atoms with Gasteiger partial charge in [0.05, 0.1) is 11.6 Å². The molecule has 1 aliphatic heterocycles. The van der Waals surface area contributed by atoms with Crippen LogP contribution in [-0.4, -0.2) is 34.4 Å². The fourth-order valence-electron chi connectivity index (χ4n) is 3.79. The third-order valence-corrected chi connectivity index (χ3v) is 5.07. The van der Waals surface area contributed by atoms with Crippen molar-refractivity contribution < 1.29 is 18.0 Å². The first-order chi connectivity index (χ1) is 12.4. The lowest BCUT2D eigenvalue weighted by molar-refractivity contribution is -0.137. The second-order valence-corrected chi connectivity index (χ2v) is 6.85. The zero-order valence-corrected chi connectivity index (χ0v) is 14.0. The lowest BCUT2D eigenvalue weighted by atomic mass is 10.1. The van der Waals surface area contributed by atoms with Crippen molar-refractivity contribution in [2.45, 2.75) is 37.5 Å². The number of nitrogens with one attached hydrogen (secondary N) is 1. The summed E-state index contributed by atoms with van der Waals surface area (Å²) < 4.78 is 37.8. The van der Waals surface area contributed by atoms with Gasteiger partial charge in [0, 0.05) is 25.2 Å². The molecule has 0 radical (unpaired) electrons. The van der Waals surface area contributed by atoms with Gasteiger partial charge in [0.15, 0.2) is 0 Å². The first-order valence-electron chi connectivity index (χ1n) is 8.56. The number of likely N-dealkylation sites (tertiary alicyclic amines) is 1. The standard InChI is InChI=1S/C19H18F3N3O/c20-19(21,22)14-5-6-17(23-10-14)24-15-9-18(26)25(11-15)16-7-12-3-1-2-4-13(12)8-16/h1-6,10,15-16H,7-9,11H2,(H,23,24)/t15-/m1/s1. The van der Waals surface area contributed by atoms with E-state index in [0.29, 0.717) is 18.8 Å². The quantitative estimate of drug-likeness (QED) is 0.913. The lowest BCUT2D eigenvalue weighted by Crippen LogP contribution is -2.38. The molecule has 1 aliphatic carbocycles. The summed E-state index contributed by atoms with van der Waals surface area (Å²) >= 11 is 0. The van der Waals surface area contributed by atoms with E-state index in [2.05, 4.69) is 22.4 Å². The predicted octanol–water partition coefficient (Wildman–Crippen LogP) is 3.28. The number of halogens is 3. The number of hydrogen-bond donors (Lipinski definition) is 1. The van der Waals surface area contributed by atoms with Crippen molar-refractivity contribution in [1.29, 1.82) is 0 Å². The topological polar surface area (TPSA) is 45.2 Å². The Labute approximate surface area is 149 Å². The summed E-state index contributed by atoms with van der Waals surface area (Å²) in [6.45, 7) is 0.542. The summed E-state index contributed by atoms with van der Waals surface area (Å²) in [5.41, 5.74) is 1.79. The fourth-order valence-corrected chi connectivity index (χ4v) is 3.79. The number of carbonyl (C=O) groups excluding carboxylic acids is 1. The highest BCUT2D eigenvalue weighted by atomic mass is 19.4. The van der Waals surface area contributed by atoms with Crippen LogP contribution in [0.1, 0.15) is 23.1 Å². The third kappa shape index (κ3) is 3.25. The highest BCUT2D eigenvalue weighted by Gasteiger charge is 2.37. The van der Waals surface area contributed by atoms with Crippen molar-refractivity contribution in [3.63, 3.8) is 0 Å². The van der Waals surface area contributed by atoms with Gasteiger partial charge in [-0.2, -0.15) is 13.2 Å². The van der Waals surface area contributed by atoms with Crippen LogP contribution in [0.4, 0.5) is 19.0 Å². The van der Waals surface area contributed by atoms with Gasteiger partial charge < -0.3 is 10.2 Å². The third-order valence-electron chi connectivity index (χ3n) is 5.07. The normalized spacial score (nSPS) is 20.5. The first-order valence-corrected chi connectivity index (χ1v) is 8.56. The van der Waals surface area contributed by atoms with E-state index in [1.165, 1.54) is 17.2 Å². The van der Waals surface area contributed by atoms with Crippen LogP contribution in [-0.2, 0) is 23.8 Å². The molecule has 4 nitrogen and oxygen atoms in total. The summed E-state index contributed by atoms with van der Waals surface area (Å²) in [6, 6.07) is 10.5. The molecule has 0 saturated carbocycles. The molecular formula is C19H18F3N3O. The minimum absolute atomic E-state index is 0.0761. The summed E-state index contributed by atoms with van der Waals surface area (Å²) in [5.74, 6) is 0.430. The molecule has 1 aromatic heterocycles. The maximum atomic E-state index is 12.6. The number of aromatic nitrogens is 1. The Hall–Kier alpha value is -2.57. The number of anilines is 1. The number of pyridine rings is 1. The van der Waals surface area contributed by atoms with Gasteiger partial charge in [0.1, 0.15) is 5.82 Å². The van der Waals surface area contributed by atoms with Crippen LogP contribution in [0.2, 0.25) is 0 Å². The fraction of sp³-hybridized carbons (Fsp3) is 0.368. The Morgan fingerprint density at radius 3 is 2.31 bits per heavy atom. The average Bonchev–Trinajstić information content (AvgIpc) is 3.17. The van der Waals surface area contributed by atoms with Crippen molar-refractivity contribution in [3.8, 4) is 0 Å². The number of benzene rings is 1. The van der Waals surface area contributed by atoms with Crippen LogP contribution < -0.4 is 5.32 Å². The average molecular weight is 361 g/mol. The van der Waals surface area contributed by atoms with E-state index in [1.54, 1.807) is 0 Å². The van der Waals surface area contributed by atoms with E-state index in [9.17, 15) is 18.0 Å². The number of alkyl halides is 3. The maximum absolute atomic E-state index is 12.6. The molecule has 136 valence electrons. The van der Waals surface area contributed by atoms with E-state index in [0.717, 1.165) is 25.1 Å². The Bertz CT molecular complexity index is 795. The van der Waals surface area contributed by atoms with E-state index in [-0.39, 0.29) is 18.0 Å². The molecule has 0 bridgehead atoms. The summed E-state index contributed by atoms with van der Waals surface area (Å²) in [6.07, 6.45) is -1.55. The van der Waals surface area contributed by atoms with E-state index in [4.69, 9.17) is 0 Å². The first kappa shape index (κ1) is 16.9. The van der Waals surface area contributed by atoms with E-state index >= 15 is 0 Å². The Kier molecular flexibility index (Phi) is 4.09. The van der Waals surface area contributed by atoms with E-state index in [1.807, 2.05) is 17.0 Å². The second-order valence-electron chi connectivity index (χ2n) is 6.85. The number of rotatable bonds is 3. The van der Waals surface area contributed by atoms with Gasteiger partial charge in [-0.3, -0.25) is 4.79 Å². The largest absolute Gasteiger partial charge is 0.417 e. The van der Waals surface area contributed by atoms with Gasteiger partial charge in [-0.05, 0) is 36.1 Å². The van der Waals surface area contributed by atoms with Crippen LogP contribution in [0.15, 0.2) is 42.6 Å². The smallest absolute Gasteiger partial charge is 0.365 e. The molecule has 1 fully saturated rings. The summed E-state index contributed by atoms with van der Waals surface area (Å²) in [4.78, 5) is 18.1. The van der Waals surface area contributed by atoms with Gasteiger partial charge in [0.2, 0.25) is 5.91 Å². The van der Waals surface area contributed by atoms with Crippen LogP contribution in [0.25, 0.3) is 0 Å². The minimum Gasteiger partial charge on any atom is -0.365 e. The van der Waals surface area contributed by atoms with Crippen LogP contribution >= 0.6 is 0 Å². The van der Waals surface area contributed by atoms with Crippen LogP contribution in [0, 0.1) is 0 Å². The molecule has 0 spiro atoms.